The molecule has 0 fully saturated rings. The Morgan fingerprint density at radius 1 is 1.10 bits per heavy atom. The van der Waals surface area contributed by atoms with E-state index in [1.807, 2.05) is 47.0 Å². The minimum absolute atomic E-state index is 0.158. The Kier molecular flexibility index (Phi) is 6.49. The van der Waals surface area contributed by atoms with E-state index in [9.17, 15) is 4.79 Å². The molecular weight excluding hydrogens is 434 g/mol. The van der Waals surface area contributed by atoms with Crippen LogP contribution in [0.1, 0.15) is 0 Å². The van der Waals surface area contributed by atoms with E-state index in [0.29, 0.717) is 27.4 Å². The molecule has 0 unspecified atom stereocenters. The quantitative estimate of drug-likeness (QED) is 0.409. The maximum absolute atomic E-state index is 12.5. The monoisotopic (exact) mass is 451 g/mol. The summed E-state index contributed by atoms with van der Waals surface area (Å²) in [6.07, 6.45) is 3.40. The van der Waals surface area contributed by atoms with Crippen LogP contribution in [0, 0.1) is 0 Å². The largest absolute Gasteiger partial charge is 0.497 e. The Balaban J connectivity index is 1.57. The molecule has 0 spiro atoms. The van der Waals surface area contributed by atoms with E-state index in [4.69, 9.17) is 16.3 Å². The van der Waals surface area contributed by atoms with Crippen LogP contribution in [0.25, 0.3) is 17.1 Å². The number of carbonyl (C=O) groups excluding carboxylic acids is 1. The molecule has 0 aliphatic rings. The van der Waals surface area contributed by atoms with Crippen molar-refractivity contribution in [1.29, 1.82) is 0 Å². The van der Waals surface area contributed by atoms with E-state index in [1.54, 1.807) is 37.7 Å². The van der Waals surface area contributed by atoms with Crippen LogP contribution in [0.3, 0.4) is 0 Å². The summed E-state index contributed by atoms with van der Waals surface area (Å²) in [5.41, 5.74) is 2.38. The smallest absolute Gasteiger partial charge is 0.234 e. The van der Waals surface area contributed by atoms with Crippen molar-refractivity contribution in [2.24, 2.45) is 0 Å². The van der Waals surface area contributed by atoms with Crippen molar-refractivity contribution in [2.45, 2.75) is 5.16 Å². The predicted octanol–water partition coefficient (Wildman–Crippen LogP) is 4.72. The molecule has 1 amide bonds. The molecule has 31 heavy (non-hydrogen) atoms. The fraction of sp³-hybridized carbons (Fsp3) is 0.0909. The lowest BCUT2D eigenvalue weighted by atomic mass is 10.2. The molecule has 1 N–H and O–H groups in total. The van der Waals surface area contributed by atoms with Crippen LogP contribution in [-0.4, -0.2) is 38.5 Å². The molecule has 0 bridgehead atoms. The fourth-order valence-electron chi connectivity index (χ4n) is 2.90. The highest BCUT2D eigenvalue weighted by Crippen LogP contribution is 2.28. The molecular formula is C22H18ClN5O2S. The second-order valence-corrected chi connectivity index (χ2v) is 7.80. The van der Waals surface area contributed by atoms with Gasteiger partial charge in [0, 0.05) is 40.4 Å². The van der Waals surface area contributed by atoms with Crippen molar-refractivity contribution in [3.8, 4) is 22.8 Å². The SMILES string of the molecule is COc1cccc(NC(=O)CSc2nnc(-c3ccncc3)n2-c2ccc(Cl)cc2)c1. The Bertz CT molecular complexity index is 1180. The van der Waals surface area contributed by atoms with Crippen LogP contribution in [0.4, 0.5) is 5.69 Å². The highest BCUT2D eigenvalue weighted by Gasteiger charge is 2.17. The number of hydrogen-bond acceptors (Lipinski definition) is 6. The summed E-state index contributed by atoms with van der Waals surface area (Å²) in [5.74, 6) is 1.34. The summed E-state index contributed by atoms with van der Waals surface area (Å²) in [6.45, 7) is 0. The molecule has 0 aliphatic heterocycles. The number of methoxy groups -OCH3 is 1. The summed E-state index contributed by atoms with van der Waals surface area (Å²) in [6, 6.07) is 18.3. The van der Waals surface area contributed by atoms with E-state index in [0.717, 1.165) is 11.3 Å². The van der Waals surface area contributed by atoms with E-state index < -0.39 is 0 Å². The van der Waals surface area contributed by atoms with Crippen LogP contribution < -0.4 is 10.1 Å². The lowest BCUT2D eigenvalue weighted by Gasteiger charge is -2.11. The summed E-state index contributed by atoms with van der Waals surface area (Å²) < 4.78 is 7.09. The Morgan fingerprint density at radius 2 is 1.87 bits per heavy atom. The van der Waals surface area contributed by atoms with Crippen molar-refractivity contribution in [2.75, 3.05) is 18.2 Å². The van der Waals surface area contributed by atoms with E-state index in [1.165, 1.54) is 11.8 Å². The maximum atomic E-state index is 12.5. The van der Waals surface area contributed by atoms with Crippen LogP contribution >= 0.6 is 23.4 Å². The number of carbonyl (C=O) groups is 1. The molecule has 7 nitrogen and oxygen atoms in total. The third kappa shape index (κ3) is 5.04. The van der Waals surface area contributed by atoms with Gasteiger partial charge in [-0.05, 0) is 48.5 Å². The molecule has 0 radical (unpaired) electrons. The molecule has 2 aromatic heterocycles. The lowest BCUT2D eigenvalue weighted by Crippen LogP contribution is -2.14. The molecule has 2 aromatic carbocycles. The first-order valence-electron chi connectivity index (χ1n) is 9.32. The van der Waals surface area contributed by atoms with Gasteiger partial charge >= 0.3 is 0 Å². The zero-order chi connectivity index (χ0) is 21.6. The number of nitrogens with zero attached hydrogens (tertiary/aromatic N) is 4. The van der Waals surface area contributed by atoms with Gasteiger partial charge in [-0.3, -0.25) is 14.3 Å². The topological polar surface area (TPSA) is 81.9 Å². The number of benzene rings is 2. The Hall–Kier alpha value is -3.36. The number of hydrogen-bond donors (Lipinski definition) is 1. The molecule has 9 heteroatoms. The summed E-state index contributed by atoms with van der Waals surface area (Å²) in [7, 11) is 1.58. The molecule has 4 aromatic rings. The van der Waals surface area contributed by atoms with Gasteiger partial charge < -0.3 is 10.1 Å². The van der Waals surface area contributed by atoms with Crippen LogP contribution in [0.15, 0.2) is 78.2 Å². The molecule has 0 saturated heterocycles. The minimum Gasteiger partial charge on any atom is -0.497 e. The summed E-state index contributed by atoms with van der Waals surface area (Å²) in [5, 5.41) is 12.8. The first kappa shape index (κ1) is 20.9. The van der Waals surface area contributed by atoms with Crippen molar-refractivity contribution in [3.05, 3.63) is 78.1 Å². The first-order valence-corrected chi connectivity index (χ1v) is 10.7. The first-order chi connectivity index (χ1) is 15.1. The number of amides is 1. The number of halogens is 1. The van der Waals surface area contributed by atoms with Gasteiger partial charge in [0.25, 0.3) is 0 Å². The Morgan fingerprint density at radius 3 is 2.61 bits per heavy atom. The van der Waals surface area contributed by atoms with Gasteiger partial charge in [0.2, 0.25) is 5.91 Å². The van der Waals surface area contributed by atoms with Gasteiger partial charge in [-0.25, -0.2) is 0 Å². The molecule has 4 rings (SSSR count). The average Bonchev–Trinajstić information content (AvgIpc) is 3.23. The number of rotatable bonds is 7. The number of thioether (sulfide) groups is 1. The number of aromatic nitrogens is 4. The van der Waals surface area contributed by atoms with Gasteiger partial charge in [0.05, 0.1) is 12.9 Å². The Labute approximate surface area is 188 Å². The van der Waals surface area contributed by atoms with Crippen LogP contribution in [-0.2, 0) is 4.79 Å². The van der Waals surface area contributed by atoms with Crippen molar-refractivity contribution in [1.82, 2.24) is 19.7 Å². The standard InChI is InChI=1S/C22H18ClN5O2S/c1-30-19-4-2-3-17(13-19)25-20(29)14-31-22-27-26-21(15-9-11-24-12-10-15)28(22)18-7-5-16(23)6-8-18/h2-13H,14H2,1H3,(H,25,29). The number of ether oxygens (including phenoxy) is 1. The van der Waals surface area contributed by atoms with Gasteiger partial charge in [0.1, 0.15) is 5.75 Å². The van der Waals surface area contributed by atoms with Crippen LogP contribution in [0.2, 0.25) is 5.02 Å². The average molecular weight is 452 g/mol. The zero-order valence-corrected chi connectivity index (χ0v) is 18.1. The van der Waals surface area contributed by atoms with Crippen molar-refractivity contribution < 1.29 is 9.53 Å². The van der Waals surface area contributed by atoms with E-state index in [-0.39, 0.29) is 11.7 Å². The van der Waals surface area contributed by atoms with Crippen LogP contribution in [0.5, 0.6) is 5.75 Å². The lowest BCUT2D eigenvalue weighted by molar-refractivity contribution is -0.113. The molecule has 2 heterocycles. The highest BCUT2D eigenvalue weighted by atomic mass is 35.5. The highest BCUT2D eigenvalue weighted by molar-refractivity contribution is 7.99. The number of pyridine rings is 1. The second kappa shape index (κ2) is 9.63. The van der Waals surface area contributed by atoms with Gasteiger partial charge in [0.15, 0.2) is 11.0 Å². The number of anilines is 1. The van der Waals surface area contributed by atoms with Gasteiger partial charge in [-0.15, -0.1) is 10.2 Å². The second-order valence-electron chi connectivity index (χ2n) is 6.42. The van der Waals surface area contributed by atoms with E-state index >= 15 is 0 Å². The van der Waals surface area contributed by atoms with Gasteiger partial charge in [-0.2, -0.15) is 0 Å². The fourth-order valence-corrected chi connectivity index (χ4v) is 3.78. The normalized spacial score (nSPS) is 10.6. The predicted molar refractivity (Wildman–Crippen MR) is 122 cm³/mol. The van der Waals surface area contributed by atoms with E-state index in [2.05, 4.69) is 20.5 Å². The van der Waals surface area contributed by atoms with Gasteiger partial charge in [-0.1, -0.05) is 29.4 Å². The minimum atomic E-state index is -0.158. The molecule has 156 valence electrons. The third-order valence-electron chi connectivity index (χ3n) is 4.34. The summed E-state index contributed by atoms with van der Waals surface area (Å²) in [4.78, 5) is 16.6. The zero-order valence-electron chi connectivity index (χ0n) is 16.5. The number of nitrogens with one attached hydrogen (secondary N) is 1. The summed E-state index contributed by atoms with van der Waals surface area (Å²) >= 11 is 7.35. The maximum Gasteiger partial charge on any atom is 0.234 e. The molecule has 0 atom stereocenters. The van der Waals surface area contributed by atoms with Crippen molar-refractivity contribution >= 4 is 35.0 Å². The molecule has 0 saturated carbocycles. The van der Waals surface area contributed by atoms with Crippen molar-refractivity contribution in [3.63, 3.8) is 0 Å². The third-order valence-corrected chi connectivity index (χ3v) is 5.52. The molecule has 0 aliphatic carbocycles.